The number of amides is 1. The molecular formula is C18H21NO4S. The zero-order valence-corrected chi connectivity index (χ0v) is 14.8. The average Bonchev–Trinajstić information content (AvgIpc) is 2.97. The number of benzene rings is 1. The maximum Gasteiger partial charge on any atom is 0.325 e. The van der Waals surface area contributed by atoms with Gasteiger partial charge in [-0.25, -0.2) is 0 Å². The summed E-state index contributed by atoms with van der Waals surface area (Å²) in [6, 6.07) is 11.6. The number of ether oxygens (including phenoxy) is 2. The first-order valence-electron chi connectivity index (χ1n) is 7.81. The van der Waals surface area contributed by atoms with E-state index in [1.807, 2.05) is 43.3 Å². The van der Waals surface area contributed by atoms with Crippen LogP contribution in [0.2, 0.25) is 0 Å². The third kappa shape index (κ3) is 4.83. The number of nitrogens with one attached hydrogen (secondary N) is 1. The number of hydrogen-bond acceptors (Lipinski definition) is 5. The fraction of sp³-hybridized carbons (Fsp3) is 0.333. The fourth-order valence-electron chi connectivity index (χ4n) is 2.08. The van der Waals surface area contributed by atoms with Crippen LogP contribution >= 0.6 is 11.3 Å². The van der Waals surface area contributed by atoms with Gasteiger partial charge in [-0.05, 0) is 32.4 Å². The van der Waals surface area contributed by atoms with Gasteiger partial charge in [0.2, 0.25) is 0 Å². The molecule has 0 aliphatic heterocycles. The van der Waals surface area contributed by atoms with Crippen molar-refractivity contribution >= 4 is 23.2 Å². The molecule has 0 unspecified atom stereocenters. The number of esters is 1. The summed E-state index contributed by atoms with van der Waals surface area (Å²) in [5.74, 6) is -0.279. The minimum atomic E-state index is -0.462. The molecule has 2 aromatic rings. The summed E-state index contributed by atoms with van der Waals surface area (Å²) in [6.07, 6.45) is -0.209. The Hall–Kier alpha value is -2.34. The number of hydrogen-bond donors (Lipinski definition) is 1. The summed E-state index contributed by atoms with van der Waals surface area (Å²) in [6.45, 7) is 5.68. The first-order valence-corrected chi connectivity index (χ1v) is 8.62. The van der Waals surface area contributed by atoms with Crippen molar-refractivity contribution in [2.45, 2.75) is 26.9 Å². The average molecular weight is 347 g/mol. The minimum absolute atomic E-state index is 0.166. The van der Waals surface area contributed by atoms with Crippen molar-refractivity contribution in [1.29, 1.82) is 0 Å². The smallest absolute Gasteiger partial charge is 0.325 e. The second-order valence-electron chi connectivity index (χ2n) is 5.32. The minimum Gasteiger partial charge on any atom is -0.492 e. The molecule has 0 atom stereocenters. The van der Waals surface area contributed by atoms with Gasteiger partial charge < -0.3 is 14.8 Å². The highest BCUT2D eigenvalue weighted by Crippen LogP contribution is 2.36. The summed E-state index contributed by atoms with van der Waals surface area (Å²) >= 11 is 1.34. The van der Waals surface area contributed by atoms with Crippen LogP contribution in [0.5, 0.6) is 5.75 Å². The lowest BCUT2D eigenvalue weighted by Crippen LogP contribution is -2.31. The second kappa shape index (κ2) is 8.49. The third-order valence-electron chi connectivity index (χ3n) is 3.02. The lowest BCUT2D eigenvalue weighted by atomic mass is 10.2. The van der Waals surface area contributed by atoms with Crippen LogP contribution in [-0.4, -0.2) is 31.1 Å². The van der Waals surface area contributed by atoms with Crippen LogP contribution in [0.25, 0.3) is 10.4 Å². The van der Waals surface area contributed by atoms with Gasteiger partial charge in [0.1, 0.15) is 17.2 Å². The van der Waals surface area contributed by atoms with Crippen LogP contribution in [-0.2, 0) is 9.53 Å². The summed E-state index contributed by atoms with van der Waals surface area (Å²) in [5, 5.41) is 2.58. The molecule has 0 radical (unpaired) electrons. The number of rotatable bonds is 7. The fourth-order valence-corrected chi connectivity index (χ4v) is 3.10. The van der Waals surface area contributed by atoms with E-state index in [0.717, 1.165) is 10.4 Å². The zero-order valence-electron chi connectivity index (χ0n) is 14.0. The maximum absolute atomic E-state index is 12.4. The number of thiophene rings is 1. The Labute approximate surface area is 145 Å². The second-order valence-corrected chi connectivity index (χ2v) is 6.38. The summed E-state index contributed by atoms with van der Waals surface area (Å²) in [5.41, 5.74) is 1.02. The monoisotopic (exact) mass is 347 g/mol. The molecule has 0 saturated heterocycles. The van der Waals surface area contributed by atoms with Gasteiger partial charge in [0.05, 0.1) is 12.7 Å². The van der Waals surface area contributed by atoms with E-state index < -0.39 is 5.97 Å². The van der Waals surface area contributed by atoms with Gasteiger partial charge in [-0.15, -0.1) is 11.3 Å². The molecule has 6 heteroatoms. The molecule has 0 spiro atoms. The van der Waals surface area contributed by atoms with E-state index in [4.69, 9.17) is 9.47 Å². The van der Waals surface area contributed by atoms with Crippen LogP contribution in [0, 0.1) is 0 Å². The van der Waals surface area contributed by atoms with E-state index in [1.165, 1.54) is 11.3 Å². The van der Waals surface area contributed by atoms with Crippen molar-refractivity contribution in [2.24, 2.45) is 0 Å². The normalized spacial score (nSPS) is 10.5. The van der Waals surface area contributed by atoms with Crippen molar-refractivity contribution in [3.05, 3.63) is 41.3 Å². The highest BCUT2D eigenvalue weighted by Gasteiger charge is 2.19. The molecule has 1 N–H and O–H groups in total. The van der Waals surface area contributed by atoms with Crippen molar-refractivity contribution in [2.75, 3.05) is 13.2 Å². The van der Waals surface area contributed by atoms with E-state index >= 15 is 0 Å². The zero-order chi connectivity index (χ0) is 17.5. The third-order valence-corrected chi connectivity index (χ3v) is 4.19. The molecule has 1 amide bonds. The quantitative estimate of drug-likeness (QED) is 0.779. The molecule has 24 heavy (non-hydrogen) atoms. The van der Waals surface area contributed by atoms with Crippen LogP contribution in [0.1, 0.15) is 30.4 Å². The molecule has 0 aliphatic rings. The van der Waals surface area contributed by atoms with Gasteiger partial charge in [0.15, 0.2) is 0 Å². The lowest BCUT2D eigenvalue weighted by molar-refractivity contribution is -0.146. The molecule has 128 valence electrons. The van der Waals surface area contributed by atoms with Gasteiger partial charge >= 0.3 is 5.97 Å². The summed E-state index contributed by atoms with van der Waals surface area (Å²) in [4.78, 5) is 25.3. The van der Waals surface area contributed by atoms with Crippen LogP contribution in [0.15, 0.2) is 36.4 Å². The molecule has 0 saturated carbocycles. The predicted molar refractivity (Wildman–Crippen MR) is 94.5 cm³/mol. The van der Waals surface area contributed by atoms with E-state index in [0.29, 0.717) is 17.2 Å². The Morgan fingerprint density at radius 1 is 1.21 bits per heavy atom. The van der Waals surface area contributed by atoms with Crippen LogP contribution < -0.4 is 10.1 Å². The van der Waals surface area contributed by atoms with Gasteiger partial charge in [0.25, 0.3) is 5.91 Å². The van der Waals surface area contributed by atoms with E-state index in [-0.39, 0.29) is 18.6 Å². The van der Waals surface area contributed by atoms with Gasteiger partial charge in [0, 0.05) is 4.88 Å². The van der Waals surface area contributed by atoms with Crippen LogP contribution in [0.3, 0.4) is 0 Å². The van der Waals surface area contributed by atoms with E-state index in [2.05, 4.69) is 5.32 Å². The lowest BCUT2D eigenvalue weighted by Gasteiger charge is -2.09. The molecule has 1 heterocycles. The molecular weight excluding hydrogens is 326 g/mol. The molecule has 1 aromatic carbocycles. The van der Waals surface area contributed by atoms with Crippen molar-refractivity contribution in [3.8, 4) is 16.2 Å². The maximum atomic E-state index is 12.4. The van der Waals surface area contributed by atoms with Crippen molar-refractivity contribution in [1.82, 2.24) is 5.32 Å². The Balaban J connectivity index is 2.14. The molecule has 5 nitrogen and oxygen atoms in total. The highest BCUT2D eigenvalue weighted by atomic mass is 32.1. The molecule has 0 bridgehead atoms. The summed E-state index contributed by atoms with van der Waals surface area (Å²) < 4.78 is 10.6. The molecule has 0 fully saturated rings. The Morgan fingerprint density at radius 2 is 1.92 bits per heavy atom. The standard InChI is InChI=1S/C18H21NO4S/c1-4-22-14-10-15(13-8-6-5-7-9-13)24-17(14)18(21)19-11-16(20)23-12(2)3/h5-10,12H,4,11H2,1-3H3,(H,19,21). The molecule has 2 rings (SSSR count). The molecule has 1 aromatic heterocycles. The number of carbonyl (C=O) groups excluding carboxylic acids is 2. The number of carbonyl (C=O) groups is 2. The van der Waals surface area contributed by atoms with Gasteiger partial charge in [-0.2, -0.15) is 0 Å². The first kappa shape index (κ1) is 18.0. The van der Waals surface area contributed by atoms with Gasteiger partial charge in [-0.1, -0.05) is 30.3 Å². The predicted octanol–water partition coefficient (Wildman–Crippen LogP) is 3.50. The Morgan fingerprint density at radius 3 is 2.54 bits per heavy atom. The van der Waals surface area contributed by atoms with E-state index in [9.17, 15) is 9.59 Å². The van der Waals surface area contributed by atoms with E-state index in [1.54, 1.807) is 13.8 Å². The van der Waals surface area contributed by atoms with Crippen molar-refractivity contribution in [3.63, 3.8) is 0 Å². The SMILES string of the molecule is CCOc1cc(-c2ccccc2)sc1C(=O)NCC(=O)OC(C)C. The summed E-state index contributed by atoms with van der Waals surface area (Å²) in [7, 11) is 0. The molecule has 0 aliphatic carbocycles. The Kier molecular flexibility index (Phi) is 6.37. The highest BCUT2D eigenvalue weighted by molar-refractivity contribution is 7.17. The first-order chi connectivity index (χ1) is 11.5. The van der Waals surface area contributed by atoms with Gasteiger partial charge in [-0.3, -0.25) is 9.59 Å². The Bertz CT molecular complexity index is 694. The van der Waals surface area contributed by atoms with Crippen molar-refractivity contribution < 1.29 is 19.1 Å². The largest absolute Gasteiger partial charge is 0.492 e. The van der Waals surface area contributed by atoms with Crippen LogP contribution in [0.4, 0.5) is 0 Å². The topological polar surface area (TPSA) is 64.6 Å².